The Kier molecular flexibility index (Phi) is 10.1. The fourth-order valence-corrected chi connectivity index (χ4v) is 4.97. The largest absolute Gasteiger partial charge is 0.493 e. The fraction of sp³-hybridized carbons (Fsp3) is 0.276. The number of carbonyl (C=O) groups excluding carboxylic acids is 1. The average molecular weight is 638 g/mol. The molecule has 0 radical (unpaired) electrons. The Morgan fingerprint density at radius 1 is 0.978 bits per heavy atom. The number of pyridine rings is 2. The highest BCUT2D eigenvalue weighted by Crippen LogP contribution is 2.41. The van der Waals surface area contributed by atoms with Crippen LogP contribution in [0.2, 0.25) is 0 Å². The van der Waals surface area contributed by atoms with Crippen molar-refractivity contribution >= 4 is 33.7 Å². The van der Waals surface area contributed by atoms with Crippen molar-refractivity contribution in [2.24, 2.45) is 0 Å². The van der Waals surface area contributed by atoms with Crippen LogP contribution < -0.4 is 29.1 Å². The molecule has 236 valence electrons. The van der Waals surface area contributed by atoms with Crippen molar-refractivity contribution in [3.63, 3.8) is 0 Å². The minimum atomic E-state index is -4.24. The topological polar surface area (TPSA) is 176 Å². The van der Waals surface area contributed by atoms with Gasteiger partial charge in [0.2, 0.25) is 11.7 Å². The van der Waals surface area contributed by atoms with Crippen LogP contribution in [0.3, 0.4) is 0 Å². The third-order valence-electron chi connectivity index (χ3n) is 6.24. The lowest BCUT2D eigenvalue weighted by molar-refractivity contribution is 0.121. The molecular weight excluding hydrogens is 606 g/mol. The Labute approximate surface area is 259 Å². The molecule has 1 amide bonds. The number of nitrogens with one attached hydrogen (secondary N) is 2. The van der Waals surface area contributed by atoms with E-state index in [1.54, 1.807) is 55.5 Å². The van der Waals surface area contributed by atoms with Crippen molar-refractivity contribution in [2.45, 2.75) is 11.9 Å². The Morgan fingerprint density at radius 2 is 1.76 bits per heavy atom. The van der Waals surface area contributed by atoms with Gasteiger partial charge in [0.25, 0.3) is 15.9 Å². The van der Waals surface area contributed by atoms with Crippen LogP contribution in [0.5, 0.6) is 23.1 Å². The van der Waals surface area contributed by atoms with Crippen molar-refractivity contribution < 1.29 is 36.9 Å². The van der Waals surface area contributed by atoms with Crippen LogP contribution in [0.25, 0.3) is 0 Å². The summed E-state index contributed by atoms with van der Waals surface area (Å²) < 4.78 is 57.6. The molecule has 3 aromatic heterocycles. The number of para-hydroxylation sites is 2. The van der Waals surface area contributed by atoms with Crippen molar-refractivity contribution in [3.8, 4) is 23.1 Å². The maximum atomic E-state index is 13.5. The Bertz CT molecular complexity index is 1700. The molecule has 0 saturated carbocycles. The van der Waals surface area contributed by atoms with Crippen molar-refractivity contribution in [1.82, 2.24) is 19.9 Å². The number of aromatic nitrogens is 4. The summed E-state index contributed by atoms with van der Waals surface area (Å²) in [7, 11) is -2.77. The number of morpholine rings is 1. The standard InChI is InChI=1S/C29H31N7O8S/c1-20-10-11-24(31-19-20)45(38,39)35-26-25(44-22-8-4-3-7-21(22)40-2)27(34-28(33-26)36-13-15-41-16-14-36)42-17-18-43-29(37)32-23-9-5-6-12-30-23/h3-12,19H,13-18H2,1-2H3,(H,30,32,37)(H,33,34,35). The van der Waals surface area contributed by atoms with E-state index in [1.165, 1.54) is 25.6 Å². The normalized spacial score (nSPS) is 13.1. The SMILES string of the molecule is COc1ccccc1Oc1c(NS(=O)(=O)c2ccc(C)cn2)nc(N2CCOCC2)nc1OCCOC(=O)Nc1ccccn1. The van der Waals surface area contributed by atoms with E-state index in [0.717, 1.165) is 5.56 Å². The predicted molar refractivity (Wildman–Crippen MR) is 163 cm³/mol. The van der Waals surface area contributed by atoms with Crippen LogP contribution in [0, 0.1) is 6.92 Å². The number of hydrogen-bond acceptors (Lipinski definition) is 13. The molecule has 1 aliphatic heterocycles. The van der Waals surface area contributed by atoms with E-state index in [0.29, 0.717) is 37.9 Å². The fourth-order valence-electron chi connectivity index (χ4n) is 4.04. The number of aryl methyl sites for hydroxylation is 1. The number of carbonyl (C=O) groups is 1. The van der Waals surface area contributed by atoms with Crippen LogP contribution in [0.1, 0.15) is 5.56 Å². The molecule has 0 aliphatic carbocycles. The summed E-state index contributed by atoms with van der Waals surface area (Å²) in [6.45, 7) is 3.20. The molecule has 5 rings (SSSR count). The second-order valence-corrected chi connectivity index (χ2v) is 11.1. The second kappa shape index (κ2) is 14.5. The second-order valence-electron chi connectivity index (χ2n) is 9.46. The zero-order chi connectivity index (χ0) is 31.6. The van der Waals surface area contributed by atoms with Gasteiger partial charge in [0.05, 0.1) is 20.3 Å². The molecule has 0 bridgehead atoms. The maximum Gasteiger partial charge on any atom is 0.412 e. The lowest BCUT2D eigenvalue weighted by Crippen LogP contribution is -2.37. The molecule has 0 unspecified atom stereocenters. The van der Waals surface area contributed by atoms with Gasteiger partial charge in [-0.1, -0.05) is 24.3 Å². The van der Waals surface area contributed by atoms with Gasteiger partial charge in [0.15, 0.2) is 22.3 Å². The molecule has 1 saturated heterocycles. The molecule has 15 nitrogen and oxygen atoms in total. The molecule has 45 heavy (non-hydrogen) atoms. The lowest BCUT2D eigenvalue weighted by Gasteiger charge is -2.28. The minimum Gasteiger partial charge on any atom is -0.493 e. The van der Waals surface area contributed by atoms with Gasteiger partial charge in [0, 0.05) is 25.5 Å². The summed E-state index contributed by atoms with van der Waals surface area (Å²) in [6.07, 6.45) is 2.24. The monoisotopic (exact) mass is 637 g/mol. The Morgan fingerprint density at radius 3 is 2.47 bits per heavy atom. The van der Waals surface area contributed by atoms with E-state index in [9.17, 15) is 13.2 Å². The van der Waals surface area contributed by atoms with Gasteiger partial charge in [-0.05, 0) is 42.8 Å². The van der Waals surface area contributed by atoms with Crippen LogP contribution >= 0.6 is 0 Å². The van der Waals surface area contributed by atoms with E-state index in [4.69, 9.17) is 23.7 Å². The van der Waals surface area contributed by atoms with Crippen LogP contribution in [0.15, 0.2) is 72.0 Å². The van der Waals surface area contributed by atoms with Gasteiger partial charge in [0.1, 0.15) is 19.0 Å². The molecule has 1 aromatic carbocycles. The number of ether oxygens (including phenoxy) is 5. The number of methoxy groups -OCH3 is 1. The van der Waals surface area contributed by atoms with E-state index in [1.807, 2.05) is 4.90 Å². The Hall–Kier alpha value is -5.22. The number of amides is 1. The lowest BCUT2D eigenvalue weighted by atomic mass is 10.3. The van der Waals surface area contributed by atoms with Crippen molar-refractivity contribution in [1.29, 1.82) is 0 Å². The van der Waals surface area contributed by atoms with Crippen molar-refractivity contribution in [3.05, 3.63) is 72.6 Å². The Balaban J connectivity index is 1.47. The van der Waals surface area contributed by atoms with Crippen LogP contribution in [-0.4, -0.2) is 81.1 Å². The molecule has 0 atom stereocenters. The summed E-state index contributed by atoms with van der Waals surface area (Å²) in [5.74, 6) is 0.636. The smallest absolute Gasteiger partial charge is 0.412 e. The van der Waals surface area contributed by atoms with Crippen LogP contribution in [0.4, 0.5) is 22.4 Å². The quantitative estimate of drug-likeness (QED) is 0.216. The molecule has 1 aliphatic rings. The molecule has 4 aromatic rings. The highest BCUT2D eigenvalue weighted by molar-refractivity contribution is 7.92. The van der Waals surface area contributed by atoms with Crippen molar-refractivity contribution in [2.75, 3.05) is 61.6 Å². The molecule has 1 fully saturated rings. The summed E-state index contributed by atoms with van der Waals surface area (Å²) in [5.41, 5.74) is 0.789. The first kappa shape index (κ1) is 31.2. The summed E-state index contributed by atoms with van der Waals surface area (Å²) in [5, 5.41) is 2.29. The van der Waals surface area contributed by atoms with Gasteiger partial charge in [-0.15, -0.1) is 0 Å². The van der Waals surface area contributed by atoms with Crippen LogP contribution in [-0.2, 0) is 19.5 Å². The van der Waals surface area contributed by atoms with Gasteiger partial charge in [-0.3, -0.25) is 10.0 Å². The predicted octanol–water partition coefficient (Wildman–Crippen LogP) is 3.64. The molecule has 2 N–H and O–H groups in total. The third-order valence-corrected chi connectivity index (χ3v) is 7.49. The molecule has 16 heteroatoms. The zero-order valence-electron chi connectivity index (χ0n) is 24.5. The number of anilines is 3. The zero-order valence-corrected chi connectivity index (χ0v) is 25.3. The van der Waals surface area contributed by atoms with Gasteiger partial charge >= 0.3 is 6.09 Å². The summed E-state index contributed by atoms with van der Waals surface area (Å²) in [4.78, 5) is 31.2. The number of hydrogen-bond donors (Lipinski definition) is 2. The number of nitrogens with zero attached hydrogens (tertiary/aromatic N) is 5. The van der Waals surface area contributed by atoms with Gasteiger partial charge in [-0.2, -0.15) is 18.4 Å². The summed E-state index contributed by atoms with van der Waals surface area (Å²) in [6, 6.07) is 14.8. The highest BCUT2D eigenvalue weighted by atomic mass is 32.2. The molecule has 0 spiro atoms. The first-order valence-electron chi connectivity index (χ1n) is 13.8. The maximum absolute atomic E-state index is 13.5. The summed E-state index contributed by atoms with van der Waals surface area (Å²) >= 11 is 0. The molecular formula is C29H31N7O8S. The van der Waals surface area contributed by atoms with Gasteiger partial charge < -0.3 is 28.6 Å². The first-order valence-corrected chi connectivity index (χ1v) is 15.3. The number of sulfonamides is 1. The third kappa shape index (κ3) is 8.24. The first-order chi connectivity index (χ1) is 21.8. The number of rotatable bonds is 12. The average Bonchev–Trinajstić information content (AvgIpc) is 3.05. The minimum absolute atomic E-state index is 0.110. The number of benzene rings is 1. The van der Waals surface area contributed by atoms with E-state index < -0.39 is 16.1 Å². The van der Waals surface area contributed by atoms with Gasteiger partial charge in [-0.25, -0.2) is 14.8 Å². The van der Waals surface area contributed by atoms with E-state index >= 15 is 0 Å². The molecule has 4 heterocycles. The highest BCUT2D eigenvalue weighted by Gasteiger charge is 2.27. The van der Waals surface area contributed by atoms with E-state index in [2.05, 4.69) is 30.0 Å². The van der Waals surface area contributed by atoms with E-state index in [-0.39, 0.29) is 47.4 Å².